The zero-order chi connectivity index (χ0) is 2.00. The second-order valence-electron chi connectivity index (χ2n) is 0. The van der Waals surface area contributed by atoms with E-state index >= 15 is 0 Å². The van der Waals surface area contributed by atoms with E-state index in [1.165, 1.54) is 0 Å². The third-order valence-corrected chi connectivity index (χ3v) is 0. The Morgan fingerprint density at radius 1 is 0.273 bits per heavy atom. The minimum atomic E-state index is 0. The van der Waals surface area contributed by atoms with Crippen molar-refractivity contribution in [3.8, 4) is 0 Å². The topological polar surface area (TPSA) is 284 Å². The summed E-state index contributed by atoms with van der Waals surface area (Å²) in [5.74, 6) is 0. The van der Waals surface area contributed by atoms with Crippen molar-refractivity contribution in [1.82, 2.24) is 0 Å². The van der Waals surface area contributed by atoms with E-state index < -0.39 is 0 Å². The average molecular weight is 233 g/mol. The second-order valence-corrected chi connectivity index (χ2v) is 0. The van der Waals surface area contributed by atoms with Crippen molar-refractivity contribution in [3.63, 3.8) is 0 Å². The third-order valence-electron chi connectivity index (χ3n) is 0. The average Bonchev–Trinajstić information content (AvgIpc) is 1.00. The zero-order valence-corrected chi connectivity index (χ0v) is 6.77. The molecule has 0 saturated carbocycles. The maximum absolute atomic E-state index is 4.11. The van der Waals surface area contributed by atoms with Gasteiger partial charge in [0.05, 0.1) is 0 Å². The van der Waals surface area contributed by atoms with Crippen LogP contribution < -0.4 is 0 Å². The zero-order valence-electron chi connectivity index (χ0n) is 5.26. The third kappa shape index (κ3) is 14300. The van der Waals surface area contributed by atoms with Crippen LogP contribution in [0.15, 0.2) is 0 Å². The largest absolute Gasteiger partial charge is 0.412 e. The first-order chi connectivity index (χ1) is 1.00. The van der Waals surface area contributed by atoms with Gasteiger partial charge in [-0.1, -0.05) is 0 Å². The molecule has 0 rings (SSSR count). The van der Waals surface area contributed by atoms with Gasteiger partial charge < -0.3 is 49.3 Å². The summed E-state index contributed by atoms with van der Waals surface area (Å²) in [5.41, 5.74) is 0. The maximum atomic E-state index is 4.11. The Balaban J connectivity index is -0.000000000139. The van der Waals surface area contributed by atoms with Crippen LogP contribution in [0.3, 0.4) is 0 Å². The molecule has 0 aromatic heterocycles. The molecule has 86 valence electrons. The molecule has 11 heavy (non-hydrogen) atoms. The summed E-state index contributed by atoms with van der Waals surface area (Å²) in [5, 5.41) is 0. The first-order valence-electron chi connectivity index (χ1n) is 0.143. The summed E-state index contributed by atoms with van der Waals surface area (Å²) in [7, 11) is 8.22. The van der Waals surface area contributed by atoms with Gasteiger partial charge in [0.2, 0.25) is 0 Å². The Morgan fingerprint density at radius 3 is 0.273 bits per heavy atom. The van der Waals surface area contributed by atoms with E-state index in [-0.39, 0.29) is 49.3 Å². The molecule has 0 radical (unpaired) electrons. The molecule has 0 aromatic rings. The van der Waals surface area contributed by atoms with E-state index in [2.05, 4.69) is 21.7 Å². The minimum Gasteiger partial charge on any atom is -0.412 e. The molecular formula is H18Cl2O9. The summed E-state index contributed by atoms with van der Waals surface area (Å²) >= 11 is 0. The van der Waals surface area contributed by atoms with Crippen LogP contribution in [0, 0.1) is 0 Å². The van der Waals surface area contributed by atoms with Gasteiger partial charge in [0.15, 0.2) is 0 Å². The molecule has 0 fully saturated rings. The summed E-state index contributed by atoms with van der Waals surface area (Å²) in [4.78, 5) is 0. The lowest BCUT2D eigenvalue weighted by molar-refractivity contribution is 0.823. The van der Waals surface area contributed by atoms with Crippen molar-refractivity contribution in [2.75, 3.05) is 0 Å². The predicted octanol–water partition coefficient (Wildman–Crippen LogP) is -6.04. The quantitative estimate of drug-likeness (QED) is 0.377. The highest BCUT2D eigenvalue weighted by molar-refractivity contribution is 6.85. The Bertz CT molecular complexity index is 7.52. The summed E-state index contributed by atoms with van der Waals surface area (Å²) < 4.78 is 0. The molecule has 0 aromatic carbocycles. The SMILES string of the molecule is ClCl.O.O.O.O.O.O.O.O.O. The maximum Gasteiger partial charge on any atom is 0 e. The summed E-state index contributed by atoms with van der Waals surface area (Å²) in [6.07, 6.45) is 0. The fourth-order valence-corrected chi connectivity index (χ4v) is 0. The monoisotopic (exact) mass is 232 g/mol. The van der Waals surface area contributed by atoms with Crippen molar-refractivity contribution in [2.24, 2.45) is 0 Å². The van der Waals surface area contributed by atoms with Crippen molar-refractivity contribution in [3.05, 3.63) is 0 Å². The highest BCUT2D eigenvalue weighted by Crippen LogP contribution is 1.69. The number of halogens is 2. The van der Waals surface area contributed by atoms with Crippen LogP contribution in [0.2, 0.25) is 0 Å². The van der Waals surface area contributed by atoms with Crippen LogP contribution in [-0.2, 0) is 0 Å². The van der Waals surface area contributed by atoms with Crippen LogP contribution in [-0.4, -0.2) is 49.3 Å². The first-order valence-corrected chi connectivity index (χ1v) is 1.29. The van der Waals surface area contributed by atoms with Gasteiger partial charge in [0, 0.05) is 21.7 Å². The number of hydrogen-bond acceptors (Lipinski definition) is 0. The lowest BCUT2D eigenvalue weighted by Gasteiger charge is -1.00. The number of hydrogen-bond donors (Lipinski definition) is 0. The van der Waals surface area contributed by atoms with Crippen molar-refractivity contribution < 1.29 is 49.3 Å². The Kier molecular flexibility index (Phi) is 1280000. The van der Waals surface area contributed by atoms with Crippen molar-refractivity contribution in [1.29, 1.82) is 0 Å². The van der Waals surface area contributed by atoms with Crippen LogP contribution in [0.4, 0.5) is 0 Å². The van der Waals surface area contributed by atoms with E-state index in [4.69, 9.17) is 0 Å². The Morgan fingerprint density at radius 2 is 0.273 bits per heavy atom. The van der Waals surface area contributed by atoms with Gasteiger partial charge >= 0.3 is 0 Å². The van der Waals surface area contributed by atoms with Gasteiger partial charge in [-0.3, -0.25) is 0 Å². The van der Waals surface area contributed by atoms with Crippen LogP contribution in [0.1, 0.15) is 0 Å². The lowest BCUT2D eigenvalue weighted by atomic mass is 16.0. The van der Waals surface area contributed by atoms with Gasteiger partial charge in [-0.15, -0.1) is 0 Å². The second kappa shape index (κ2) is 18000. The lowest BCUT2D eigenvalue weighted by Crippen LogP contribution is -0.310. The van der Waals surface area contributed by atoms with Gasteiger partial charge in [0.1, 0.15) is 0 Å². The van der Waals surface area contributed by atoms with Crippen molar-refractivity contribution in [2.45, 2.75) is 0 Å². The fourth-order valence-electron chi connectivity index (χ4n) is 0. The molecular weight excluding hydrogens is 215 g/mol. The number of rotatable bonds is 0. The molecule has 0 bridgehead atoms. The normalized spacial score (nSPS) is 0.545. The molecule has 0 amide bonds. The van der Waals surface area contributed by atoms with Crippen LogP contribution in [0.25, 0.3) is 0 Å². The standard InChI is InChI=1S/Cl2.9H2O/c1-2;;;;;;;;;/h;9*1H2. The van der Waals surface area contributed by atoms with Gasteiger partial charge in [-0.2, -0.15) is 0 Å². The van der Waals surface area contributed by atoms with Crippen LogP contribution in [0.5, 0.6) is 0 Å². The molecule has 0 unspecified atom stereocenters. The summed E-state index contributed by atoms with van der Waals surface area (Å²) in [6.45, 7) is 0. The summed E-state index contributed by atoms with van der Waals surface area (Å²) in [6, 6.07) is 0. The van der Waals surface area contributed by atoms with Crippen molar-refractivity contribution >= 4 is 21.7 Å². The van der Waals surface area contributed by atoms with E-state index in [1.807, 2.05) is 0 Å². The van der Waals surface area contributed by atoms with Gasteiger partial charge in [-0.25, -0.2) is 0 Å². The molecule has 0 aliphatic carbocycles. The smallest absolute Gasteiger partial charge is 0 e. The molecule has 0 aliphatic heterocycles. The molecule has 0 aliphatic rings. The van der Waals surface area contributed by atoms with Gasteiger partial charge in [-0.05, 0) is 0 Å². The highest BCUT2D eigenvalue weighted by Gasteiger charge is 1.00. The molecule has 11 heteroatoms. The molecule has 0 heterocycles. The Labute approximate surface area is 71.9 Å². The van der Waals surface area contributed by atoms with E-state index in [0.29, 0.717) is 0 Å². The molecule has 0 spiro atoms. The first kappa shape index (κ1) is 787. The minimum absolute atomic E-state index is 0. The van der Waals surface area contributed by atoms with Gasteiger partial charge in [0.25, 0.3) is 0 Å². The van der Waals surface area contributed by atoms with E-state index in [0.717, 1.165) is 0 Å². The molecule has 9 nitrogen and oxygen atoms in total. The van der Waals surface area contributed by atoms with Crippen LogP contribution >= 0.6 is 21.7 Å². The molecule has 0 saturated heterocycles. The van der Waals surface area contributed by atoms with E-state index in [9.17, 15) is 0 Å². The van der Waals surface area contributed by atoms with E-state index in [1.54, 1.807) is 0 Å². The Hall–Kier alpha value is 0.220. The fraction of sp³-hybridized carbons (Fsp3) is 0. The molecule has 18 N–H and O–H groups in total. The molecule has 0 atom stereocenters. The predicted molar refractivity (Wildman–Crippen MR) is 44.2 cm³/mol. The highest BCUT2D eigenvalue weighted by atomic mass is 36.5.